The number of fused-ring (bicyclic) bond motifs is 1. The normalized spacial score (nSPS) is 17.4. The molecule has 11 heteroatoms. The van der Waals surface area contributed by atoms with Crippen molar-refractivity contribution in [2.24, 2.45) is 5.73 Å². The van der Waals surface area contributed by atoms with Crippen molar-refractivity contribution in [1.82, 2.24) is 19.8 Å². The lowest BCUT2D eigenvalue weighted by Crippen LogP contribution is -2.52. The molecule has 2 aliphatic rings. The van der Waals surface area contributed by atoms with Crippen LogP contribution in [0.3, 0.4) is 0 Å². The molecule has 3 N–H and O–H groups in total. The Labute approximate surface area is 199 Å². The predicted molar refractivity (Wildman–Crippen MR) is 124 cm³/mol. The van der Waals surface area contributed by atoms with Crippen molar-refractivity contribution < 1.29 is 18.6 Å². The molecule has 1 aliphatic heterocycles. The third-order valence-corrected chi connectivity index (χ3v) is 8.88. The first-order valence-corrected chi connectivity index (χ1v) is 12.1. The number of nitriles is 1. The Morgan fingerprint density at radius 1 is 1.26 bits per heavy atom. The summed E-state index contributed by atoms with van der Waals surface area (Å²) < 4.78 is 12.9. The molecule has 0 radical (unpaired) electrons. The lowest BCUT2D eigenvalue weighted by atomic mass is 10.1. The zero-order valence-electron chi connectivity index (χ0n) is 19.0. The van der Waals surface area contributed by atoms with Gasteiger partial charge in [0.15, 0.2) is 5.82 Å². The van der Waals surface area contributed by atoms with Crippen LogP contribution in [0.5, 0.6) is 0 Å². The van der Waals surface area contributed by atoms with E-state index in [-0.39, 0.29) is 24.8 Å². The molecule has 2 heterocycles. The molecule has 1 atom stereocenters. The van der Waals surface area contributed by atoms with Crippen LogP contribution in [0, 0.1) is 11.3 Å². The van der Waals surface area contributed by atoms with Crippen LogP contribution in [0.4, 0.5) is 0 Å². The molecule has 1 saturated carbocycles. The highest BCUT2D eigenvalue weighted by Gasteiger charge is 2.56. The number of carbonyl (C=O) groups is 3. The molecule has 1 fully saturated rings. The van der Waals surface area contributed by atoms with E-state index in [1.807, 2.05) is 6.07 Å². The quantitative estimate of drug-likeness (QED) is 0.565. The average Bonchev–Trinajstić information content (AvgIpc) is 3.47. The van der Waals surface area contributed by atoms with E-state index in [1.54, 1.807) is 47.6 Å². The molecule has 3 amide bonds. The molecule has 1 aliphatic carbocycles. The van der Waals surface area contributed by atoms with Crippen LogP contribution in [0.15, 0.2) is 30.5 Å². The maximum Gasteiger partial charge on any atom is 0.287 e. The fourth-order valence-electron chi connectivity index (χ4n) is 4.07. The van der Waals surface area contributed by atoms with Crippen LogP contribution in [0.1, 0.15) is 58.9 Å². The summed E-state index contributed by atoms with van der Waals surface area (Å²) in [7, 11) is -1.53. The Morgan fingerprint density at radius 2 is 1.94 bits per heavy atom. The van der Waals surface area contributed by atoms with Gasteiger partial charge in [-0.3, -0.25) is 18.6 Å². The topological polar surface area (TPSA) is 151 Å². The summed E-state index contributed by atoms with van der Waals surface area (Å²) in [6, 6.07) is 8.92. The largest absolute Gasteiger partial charge is 0.368 e. The molecule has 4 rings (SSSR count). The first kappa shape index (κ1) is 23.6. The van der Waals surface area contributed by atoms with E-state index < -0.39 is 32.1 Å². The number of nitrogens with zero attached hydrogens (tertiary/aromatic N) is 4. The number of primary amides is 1. The molecule has 1 aromatic carbocycles. The van der Waals surface area contributed by atoms with Crippen molar-refractivity contribution in [1.29, 1.82) is 5.26 Å². The van der Waals surface area contributed by atoms with Gasteiger partial charge in [0.1, 0.15) is 10.4 Å². The van der Waals surface area contributed by atoms with Crippen LogP contribution in [0.25, 0.3) is 0 Å². The van der Waals surface area contributed by atoms with Gasteiger partial charge in [-0.2, -0.15) is 5.26 Å². The van der Waals surface area contributed by atoms with Gasteiger partial charge < -0.3 is 20.5 Å². The number of imidazole rings is 1. The zero-order valence-corrected chi connectivity index (χ0v) is 19.9. The zero-order chi connectivity index (χ0) is 24.7. The number of aromatic nitrogens is 2. The standard InChI is InChI=1S/C23H26N6O4S/c1-22(2,21(25)32)34(33)23(7-8-23)14-28-9-10-29-17(20(28)31)13-26-18(29)19(30)27-12-16-5-3-15(11-24)4-6-16/h3-6,13H,7-10,12,14H2,1-2H3,(H2,25,32)(H,27,30). The number of amides is 3. The third-order valence-electron chi connectivity index (χ3n) is 6.43. The van der Waals surface area contributed by atoms with Gasteiger partial charge in [-0.25, -0.2) is 4.98 Å². The maximum absolute atomic E-state index is 13.1. The Bertz CT molecular complexity index is 1220. The van der Waals surface area contributed by atoms with Crippen molar-refractivity contribution in [2.45, 2.75) is 49.3 Å². The summed E-state index contributed by atoms with van der Waals surface area (Å²) in [5, 5.41) is 11.7. The second-order valence-electron chi connectivity index (χ2n) is 9.16. The van der Waals surface area contributed by atoms with Crippen molar-refractivity contribution in [3.05, 3.63) is 53.1 Å². The minimum atomic E-state index is -1.53. The fourth-order valence-corrected chi connectivity index (χ4v) is 6.08. The number of carbonyl (C=O) groups excluding carboxylic acids is 3. The first-order chi connectivity index (χ1) is 16.1. The molecule has 34 heavy (non-hydrogen) atoms. The van der Waals surface area contributed by atoms with Crippen molar-refractivity contribution in [2.75, 3.05) is 13.1 Å². The SMILES string of the molecule is CC(C)(C(N)=O)S(=O)C1(CN2CCn3c(cnc3C(=O)NCc3ccc(C#N)cc3)C2=O)CC1. The smallest absolute Gasteiger partial charge is 0.287 e. The lowest BCUT2D eigenvalue weighted by Gasteiger charge is -2.34. The van der Waals surface area contributed by atoms with Crippen LogP contribution in [-0.2, 0) is 28.7 Å². The lowest BCUT2D eigenvalue weighted by molar-refractivity contribution is -0.119. The number of hydrogen-bond acceptors (Lipinski definition) is 6. The fraction of sp³-hybridized carbons (Fsp3) is 0.435. The summed E-state index contributed by atoms with van der Waals surface area (Å²) in [6.07, 6.45) is 2.69. The number of nitrogens with two attached hydrogens (primary N) is 1. The molecule has 2 aromatic rings. The number of benzene rings is 1. The number of hydrogen-bond donors (Lipinski definition) is 2. The van der Waals surface area contributed by atoms with Crippen LogP contribution in [-0.4, -0.2) is 59.0 Å². The van der Waals surface area contributed by atoms with Gasteiger partial charge in [0.2, 0.25) is 5.91 Å². The molecular weight excluding hydrogens is 456 g/mol. The van der Waals surface area contributed by atoms with Gasteiger partial charge in [0, 0.05) is 37.0 Å². The highest BCUT2D eigenvalue weighted by atomic mass is 32.2. The predicted octanol–water partition coefficient (Wildman–Crippen LogP) is 0.686. The Morgan fingerprint density at radius 3 is 2.53 bits per heavy atom. The average molecular weight is 483 g/mol. The van der Waals surface area contributed by atoms with Gasteiger partial charge in [0.25, 0.3) is 11.8 Å². The molecule has 0 saturated heterocycles. The Hall–Kier alpha value is -3.52. The van der Waals surface area contributed by atoms with E-state index >= 15 is 0 Å². The second kappa shape index (κ2) is 8.68. The monoisotopic (exact) mass is 482 g/mol. The van der Waals surface area contributed by atoms with E-state index in [0.717, 1.165) is 5.56 Å². The van der Waals surface area contributed by atoms with E-state index in [4.69, 9.17) is 11.0 Å². The molecule has 1 aromatic heterocycles. The summed E-state index contributed by atoms with van der Waals surface area (Å²) in [4.78, 5) is 43.4. The highest BCUT2D eigenvalue weighted by Crippen LogP contribution is 2.46. The van der Waals surface area contributed by atoms with Crippen molar-refractivity contribution in [3.63, 3.8) is 0 Å². The van der Waals surface area contributed by atoms with Gasteiger partial charge in [-0.1, -0.05) is 12.1 Å². The Kier molecular flexibility index (Phi) is 6.03. The van der Waals surface area contributed by atoms with Crippen molar-refractivity contribution >= 4 is 28.5 Å². The Balaban J connectivity index is 1.43. The number of nitrogens with one attached hydrogen (secondary N) is 1. The van der Waals surface area contributed by atoms with E-state index in [0.29, 0.717) is 37.2 Å². The molecule has 1 unspecified atom stereocenters. The van der Waals surface area contributed by atoms with E-state index in [2.05, 4.69) is 10.3 Å². The number of rotatable bonds is 8. The summed E-state index contributed by atoms with van der Waals surface area (Å²) in [5.41, 5.74) is 7.12. The van der Waals surface area contributed by atoms with Gasteiger partial charge in [0.05, 0.1) is 22.6 Å². The first-order valence-electron chi connectivity index (χ1n) is 10.9. The van der Waals surface area contributed by atoms with Gasteiger partial charge in [-0.15, -0.1) is 0 Å². The van der Waals surface area contributed by atoms with Gasteiger partial charge in [-0.05, 0) is 44.4 Å². The third kappa shape index (κ3) is 4.21. The molecule has 0 bridgehead atoms. The van der Waals surface area contributed by atoms with Gasteiger partial charge >= 0.3 is 0 Å². The minimum Gasteiger partial charge on any atom is -0.368 e. The highest BCUT2D eigenvalue weighted by molar-refractivity contribution is 7.89. The second-order valence-corrected chi connectivity index (χ2v) is 11.6. The molecule has 10 nitrogen and oxygen atoms in total. The summed E-state index contributed by atoms with van der Waals surface area (Å²) >= 11 is 0. The molecule has 178 valence electrons. The summed E-state index contributed by atoms with van der Waals surface area (Å²) in [5.74, 6) is -1.17. The van der Waals surface area contributed by atoms with Crippen molar-refractivity contribution in [3.8, 4) is 6.07 Å². The van der Waals surface area contributed by atoms with Crippen LogP contribution >= 0.6 is 0 Å². The minimum absolute atomic E-state index is 0.149. The van der Waals surface area contributed by atoms with E-state index in [9.17, 15) is 18.6 Å². The van der Waals surface area contributed by atoms with Crippen LogP contribution in [0.2, 0.25) is 0 Å². The molecule has 0 spiro atoms. The maximum atomic E-state index is 13.1. The van der Waals surface area contributed by atoms with E-state index in [1.165, 1.54) is 6.20 Å². The summed E-state index contributed by atoms with van der Waals surface area (Å²) in [6.45, 7) is 4.39. The van der Waals surface area contributed by atoms with Crippen LogP contribution < -0.4 is 11.1 Å². The molecular formula is C23H26N6O4S.